The Kier molecular flexibility index (Phi) is 6.06. The van der Waals surface area contributed by atoms with Crippen molar-refractivity contribution in [1.29, 1.82) is 0 Å². The van der Waals surface area contributed by atoms with Gasteiger partial charge in [0, 0.05) is 17.0 Å². The van der Waals surface area contributed by atoms with Crippen molar-refractivity contribution in [3.63, 3.8) is 0 Å². The normalized spacial score (nSPS) is 11.3. The van der Waals surface area contributed by atoms with E-state index in [1.54, 1.807) is 35.9 Å². The molecule has 3 aromatic rings. The molecule has 0 radical (unpaired) electrons. The highest BCUT2D eigenvalue weighted by Gasteiger charge is 2.17. The summed E-state index contributed by atoms with van der Waals surface area (Å²) in [7, 11) is 1.54. The Labute approximate surface area is 171 Å². The van der Waals surface area contributed by atoms with Crippen LogP contribution in [-0.2, 0) is 11.3 Å². The molecule has 1 amide bonds. The number of rotatable bonds is 6. The number of methoxy groups -OCH3 is 1. The van der Waals surface area contributed by atoms with Gasteiger partial charge >= 0.3 is 5.91 Å². The van der Waals surface area contributed by atoms with E-state index in [2.05, 4.69) is 10.2 Å². The van der Waals surface area contributed by atoms with Gasteiger partial charge in [0.25, 0.3) is 0 Å². The van der Waals surface area contributed by atoms with Crippen LogP contribution < -0.4 is 9.47 Å². The Morgan fingerprint density at radius 3 is 2.68 bits per heavy atom. The molecular weight excluding hydrogens is 405 g/mol. The van der Waals surface area contributed by atoms with Gasteiger partial charge in [0.1, 0.15) is 11.5 Å². The molecule has 0 saturated carbocycles. The number of carbonyl (C=O) groups excluding carboxylic acids is 1. The van der Waals surface area contributed by atoms with E-state index in [0.29, 0.717) is 28.5 Å². The number of aromatic hydroxyl groups is 1. The first-order chi connectivity index (χ1) is 13.4. The van der Waals surface area contributed by atoms with Crippen LogP contribution in [0.2, 0.25) is 10.0 Å². The first-order valence-corrected chi connectivity index (χ1v) is 9.11. The molecule has 2 aromatic carbocycles. The molecule has 1 N–H and O–H groups in total. The zero-order valence-electron chi connectivity index (χ0n) is 15.1. The number of carbonyl (C=O) groups is 1. The summed E-state index contributed by atoms with van der Waals surface area (Å²) >= 11 is 11.8. The van der Waals surface area contributed by atoms with Crippen LogP contribution in [0.1, 0.15) is 6.92 Å². The second kappa shape index (κ2) is 8.50. The first kappa shape index (κ1) is 20.0. The fourth-order valence-electron chi connectivity index (χ4n) is 2.71. The van der Waals surface area contributed by atoms with Gasteiger partial charge in [-0.1, -0.05) is 23.2 Å². The highest BCUT2D eigenvalue weighted by Crippen LogP contribution is 2.40. The summed E-state index contributed by atoms with van der Waals surface area (Å²) in [5.74, 6) is 0.198. The number of azo groups is 1. The van der Waals surface area contributed by atoms with E-state index in [9.17, 15) is 9.90 Å². The molecular formula is C19H17Cl2N3O4. The summed E-state index contributed by atoms with van der Waals surface area (Å²) < 4.78 is 12.2. The van der Waals surface area contributed by atoms with Crippen molar-refractivity contribution in [1.82, 2.24) is 4.57 Å². The minimum Gasteiger partial charge on any atom is -0.497 e. The lowest BCUT2D eigenvalue weighted by Gasteiger charge is -2.05. The van der Waals surface area contributed by atoms with E-state index < -0.39 is 5.91 Å². The maximum Gasteiger partial charge on any atom is 0.302 e. The SMILES string of the molecule is CCn1c(O)c(N=NC(=O)COc2ccc(Cl)cc2Cl)c2cc(OC)ccc21. The third kappa shape index (κ3) is 4.05. The molecule has 0 unspecified atom stereocenters. The molecule has 0 atom stereocenters. The van der Waals surface area contributed by atoms with Crippen molar-refractivity contribution in [2.24, 2.45) is 10.2 Å². The van der Waals surface area contributed by atoms with Gasteiger partial charge in [-0.05, 0) is 43.3 Å². The lowest BCUT2D eigenvalue weighted by Crippen LogP contribution is -2.08. The van der Waals surface area contributed by atoms with Crippen LogP contribution in [0.3, 0.4) is 0 Å². The van der Waals surface area contributed by atoms with E-state index in [1.165, 1.54) is 6.07 Å². The maximum atomic E-state index is 12.0. The molecule has 1 heterocycles. The summed E-state index contributed by atoms with van der Waals surface area (Å²) in [6, 6.07) is 9.98. The molecule has 0 aliphatic rings. The predicted molar refractivity (Wildman–Crippen MR) is 107 cm³/mol. The minimum atomic E-state index is -0.634. The molecule has 1 aromatic heterocycles. The number of benzene rings is 2. The van der Waals surface area contributed by atoms with E-state index in [1.807, 2.05) is 13.0 Å². The van der Waals surface area contributed by atoms with Crippen LogP contribution in [0, 0.1) is 0 Å². The van der Waals surface area contributed by atoms with Crippen molar-refractivity contribution in [2.45, 2.75) is 13.5 Å². The van der Waals surface area contributed by atoms with Gasteiger partial charge in [0.05, 0.1) is 17.6 Å². The second-order valence-corrected chi connectivity index (χ2v) is 6.60. The molecule has 146 valence electrons. The number of amides is 1. The van der Waals surface area contributed by atoms with Gasteiger partial charge in [-0.3, -0.25) is 4.79 Å². The zero-order chi connectivity index (χ0) is 20.3. The number of ether oxygens (including phenoxy) is 2. The standard InChI is InChI=1S/C19H17Cl2N3O4/c1-3-24-15-6-5-12(27-2)9-13(15)18(19(24)26)23-22-17(25)10-28-16-7-4-11(20)8-14(16)21/h4-9,26H,3,10H2,1-2H3. The van der Waals surface area contributed by atoms with Gasteiger partial charge in [-0.2, -0.15) is 0 Å². The van der Waals surface area contributed by atoms with E-state index in [-0.39, 0.29) is 23.2 Å². The van der Waals surface area contributed by atoms with Gasteiger partial charge in [-0.25, -0.2) is 0 Å². The van der Waals surface area contributed by atoms with Crippen molar-refractivity contribution < 1.29 is 19.4 Å². The quantitative estimate of drug-likeness (QED) is 0.541. The molecule has 0 fully saturated rings. The fraction of sp³-hybridized carbons (Fsp3) is 0.211. The van der Waals surface area contributed by atoms with Crippen LogP contribution in [0.25, 0.3) is 10.9 Å². The number of nitrogens with zero attached hydrogens (tertiary/aromatic N) is 3. The monoisotopic (exact) mass is 421 g/mol. The van der Waals surface area contributed by atoms with E-state index >= 15 is 0 Å². The van der Waals surface area contributed by atoms with Gasteiger partial charge in [-0.15, -0.1) is 10.2 Å². The van der Waals surface area contributed by atoms with Crippen molar-refractivity contribution >= 4 is 45.7 Å². The van der Waals surface area contributed by atoms with Gasteiger partial charge < -0.3 is 19.1 Å². The highest BCUT2D eigenvalue weighted by molar-refractivity contribution is 6.35. The lowest BCUT2D eigenvalue weighted by molar-refractivity contribution is -0.120. The summed E-state index contributed by atoms with van der Waals surface area (Å²) in [5.41, 5.74) is 0.944. The Morgan fingerprint density at radius 1 is 1.21 bits per heavy atom. The Morgan fingerprint density at radius 2 is 2.00 bits per heavy atom. The number of hydrogen-bond acceptors (Lipinski definition) is 5. The number of aryl methyl sites for hydroxylation is 1. The smallest absolute Gasteiger partial charge is 0.302 e. The molecule has 0 spiro atoms. The van der Waals surface area contributed by atoms with Crippen LogP contribution in [0.15, 0.2) is 46.6 Å². The summed E-state index contributed by atoms with van der Waals surface area (Å²) in [5, 5.41) is 19.4. The zero-order valence-corrected chi connectivity index (χ0v) is 16.7. The average Bonchev–Trinajstić information content (AvgIpc) is 2.95. The lowest BCUT2D eigenvalue weighted by atomic mass is 10.2. The highest BCUT2D eigenvalue weighted by atomic mass is 35.5. The Hall–Kier alpha value is -2.77. The maximum absolute atomic E-state index is 12.0. The third-order valence-electron chi connectivity index (χ3n) is 4.04. The molecule has 3 rings (SSSR count). The molecule has 0 bridgehead atoms. The van der Waals surface area contributed by atoms with Gasteiger partial charge in [0.2, 0.25) is 5.88 Å². The predicted octanol–water partition coefficient (Wildman–Crippen LogP) is 5.37. The van der Waals surface area contributed by atoms with E-state index in [0.717, 1.165) is 5.52 Å². The van der Waals surface area contributed by atoms with Gasteiger partial charge in [0.15, 0.2) is 12.3 Å². The molecule has 28 heavy (non-hydrogen) atoms. The topological polar surface area (TPSA) is 85.4 Å². The molecule has 0 aliphatic heterocycles. The van der Waals surface area contributed by atoms with Crippen LogP contribution >= 0.6 is 23.2 Å². The molecule has 0 saturated heterocycles. The average molecular weight is 422 g/mol. The summed E-state index contributed by atoms with van der Waals surface area (Å²) in [6.45, 7) is 2.05. The summed E-state index contributed by atoms with van der Waals surface area (Å²) in [6.07, 6.45) is 0. The molecule has 7 nitrogen and oxygen atoms in total. The van der Waals surface area contributed by atoms with Crippen molar-refractivity contribution in [3.05, 3.63) is 46.4 Å². The largest absolute Gasteiger partial charge is 0.497 e. The Bertz CT molecular complexity index is 1060. The fourth-order valence-corrected chi connectivity index (χ4v) is 3.18. The van der Waals surface area contributed by atoms with E-state index in [4.69, 9.17) is 32.7 Å². The van der Waals surface area contributed by atoms with Crippen LogP contribution in [0.4, 0.5) is 5.69 Å². The third-order valence-corrected chi connectivity index (χ3v) is 4.57. The number of aromatic nitrogens is 1. The van der Waals surface area contributed by atoms with Crippen molar-refractivity contribution in [3.8, 4) is 17.4 Å². The number of halogens is 2. The number of fused-ring (bicyclic) bond motifs is 1. The summed E-state index contributed by atoms with van der Waals surface area (Å²) in [4.78, 5) is 12.0. The minimum absolute atomic E-state index is 0.0797. The number of hydrogen-bond donors (Lipinski definition) is 1. The van der Waals surface area contributed by atoms with Crippen molar-refractivity contribution in [2.75, 3.05) is 13.7 Å². The first-order valence-electron chi connectivity index (χ1n) is 8.36. The molecule has 9 heteroatoms. The molecule has 0 aliphatic carbocycles. The second-order valence-electron chi connectivity index (χ2n) is 5.76. The van der Waals surface area contributed by atoms with Crippen LogP contribution in [0.5, 0.6) is 17.4 Å². The van der Waals surface area contributed by atoms with Crippen LogP contribution in [-0.4, -0.2) is 29.3 Å². The Balaban J connectivity index is 1.82.